The summed E-state index contributed by atoms with van der Waals surface area (Å²) in [5, 5.41) is 23.0. The Hall–Kier alpha value is -4.91. The van der Waals surface area contributed by atoms with Crippen LogP contribution in [0.25, 0.3) is 5.69 Å². The summed E-state index contributed by atoms with van der Waals surface area (Å²) >= 11 is 0. The van der Waals surface area contributed by atoms with E-state index in [1.807, 2.05) is 0 Å². The quantitative estimate of drug-likeness (QED) is 0.387. The number of halogens is 1. The average molecular weight is 488 g/mol. The topological polar surface area (TPSA) is 130 Å². The number of ether oxygens (including phenoxy) is 2. The summed E-state index contributed by atoms with van der Waals surface area (Å²) in [6.45, 7) is 0. The molecule has 0 fully saturated rings. The van der Waals surface area contributed by atoms with Crippen LogP contribution in [-0.4, -0.2) is 40.1 Å². The summed E-state index contributed by atoms with van der Waals surface area (Å²) in [4.78, 5) is 27.3. The molecule has 1 heterocycles. The van der Waals surface area contributed by atoms with Crippen molar-refractivity contribution in [3.63, 3.8) is 0 Å². The Morgan fingerprint density at radius 2 is 1.89 bits per heavy atom. The van der Waals surface area contributed by atoms with Gasteiger partial charge in [-0.25, -0.2) is 14.0 Å². The highest BCUT2D eigenvalue weighted by Crippen LogP contribution is 2.34. The number of H-pyrrole nitrogens is 1. The minimum Gasteiger partial charge on any atom is -0.493 e. The molecule has 0 saturated heterocycles. The van der Waals surface area contributed by atoms with Crippen molar-refractivity contribution in [3.05, 3.63) is 105 Å². The SMILES string of the molecule is COc1ccc(C(Cc2ccc(C#N)c(F)c2)c2nn(-c3ccccc3C(=O)O)c(=O)[nH]2)cc1OC. The first kappa shape index (κ1) is 24.2. The van der Waals surface area contributed by atoms with E-state index in [2.05, 4.69) is 10.1 Å². The molecule has 0 saturated carbocycles. The number of aromatic carboxylic acids is 1. The third-order valence-electron chi connectivity index (χ3n) is 5.73. The molecule has 1 aromatic heterocycles. The van der Waals surface area contributed by atoms with Crippen molar-refractivity contribution in [2.75, 3.05) is 14.2 Å². The molecule has 182 valence electrons. The van der Waals surface area contributed by atoms with E-state index >= 15 is 0 Å². The highest BCUT2D eigenvalue weighted by Gasteiger charge is 2.24. The molecule has 0 radical (unpaired) electrons. The average Bonchev–Trinajstić information content (AvgIpc) is 3.27. The van der Waals surface area contributed by atoms with Crippen LogP contribution in [-0.2, 0) is 6.42 Å². The number of carboxylic acids is 1. The number of aromatic amines is 1. The van der Waals surface area contributed by atoms with E-state index in [1.54, 1.807) is 42.5 Å². The van der Waals surface area contributed by atoms with Crippen LogP contribution in [0.5, 0.6) is 11.5 Å². The van der Waals surface area contributed by atoms with Gasteiger partial charge in [-0.2, -0.15) is 9.94 Å². The molecule has 0 spiro atoms. The van der Waals surface area contributed by atoms with Crippen LogP contribution in [0.1, 0.15) is 38.8 Å². The van der Waals surface area contributed by atoms with Crippen LogP contribution in [0.4, 0.5) is 4.39 Å². The Morgan fingerprint density at radius 3 is 2.56 bits per heavy atom. The van der Waals surface area contributed by atoms with Crippen molar-refractivity contribution >= 4 is 5.97 Å². The molecule has 0 aliphatic rings. The third kappa shape index (κ3) is 4.67. The number of nitrogens with one attached hydrogen (secondary N) is 1. The molecule has 1 atom stereocenters. The van der Waals surface area contributed by atoms with Crippen LogP contribution in [0.2, 0.25) is 0 Å². The Labute approximate surface area is 205 Å². The van der Waals surface area contributed by atoms with Crippen molar-refractivity contribution in [1.29, 1.82) is 5.26 Å². The zero-order valence-electron chi connectivity index (χ0n) is 19.4. The fourth-order valence-corrected chi connectivity index (χ4v) is 3.95. The lowest BCUT2D eigenvalue weighted by atomic mass is 9.90. The Morgan fingerprint density at radius 1 is 1.14 bits per heavy atom. The second kappa shape index (κ2) is 10.1. The minimum absolute atomic E-state index is 0.0793. The fraction of sp³-hybridized carbons (Fsp3) is 0.154. The second-order valence-corrected chi connectivity index (χ2v) is 7.85. The van der Waals surface area contributed by atoms with E-state index in [0.717, 1.165) is 4.68 Å². The lowest BCUT2D eigenvalue weighted by Gasteiger charge is -2.17. The number of nitriles is 1. The number of nitrogens with zero attached hydrogens (tertiary/aromatic N) is 3. The van der Waals surface area contributed by atoms with Crippen molar-refractivity contribution in [2.45, 2.75) is 12.3 Å². The number of aromatic nitrogens is 3. The van der Waals surface area contributed by atoms with Gasteiger partial charge in [0.2, 0.25) is 0 Å². The maximum absolute atomic E-state index is 14.3. The summed E-state index contributed by atoms with van der Waals surface area (Å²) in [5.74, 6) is -1.26. The van der Waals surface area contributed by atoms with E-state index in [0.29, 0.717) is 22.6 Å². The van der Waals surface area contributed by atoms with Gasteiger partial charge in [-0.05, 0) is 53.9 Å². The zero-order chi connectivity index (χ0) is 25.8. The predicted molar refractivity (Wildman–Crippen MR) is 127 cm³/mol. The molecule has 10 heteroatoms. The lowest BCUT2D eigenvalue weighted by Crippen LogP contribution is -2.18. The van der Waals surface area contributed by atoms with Gasteiger partial charge in [0.15, 0.2) is 11.5 Å². The van der Waals surface area contributed by atoms with Crippen LogP contribution in [0, 0.1) is 17.1 Å². The number of rotatable bonds is 8. The molecule has 0 amide bonds. The lowest BCUT2D eigenvalue weighted by molar-refractivity contribution is 0.0696. The predicted octanol–water partition coefficient (Wildman–Crippen LogP) is 3.66. The Balaban J connectivity index is 1.85. The first-order valence-electron chi connectivity index (χ1n) is 10.8. The highest BCUT2D eigenvalue weighted by molar-refractivity contribution is 5.91. The molecule has 0 aliphatic heterocycles. The number of hydrogen-bond acceptors (Lipinski definition) is 6. The molecule has 2 N–H and O–H groups in total. The van der Waals surface area contributed by atoms with Gasteiger partial charge in [0.1, 0.15) is 17.7 Å². The minimum atomic E-state index is -1.20. The number of methoxy groups -OCH3 is 2. The number of hydrogen-bond donors (Lipinski definition) is 2. The Bertz CT molecular complexity index is 1540. The summed E-state index contributed by atoms with van der Waals surface area (Å²) in [7, 11) is 3.00. The smallest absolute Gasteiger partial charge is 0.348 e. The van der Waals surface area contributed by atoms with Gasteiger partial charge < -0.3 is 14.6 Å². The maximum atomic E-state index is 14.3. The molecule has 3 aromatic carbocycles. The number of carboxylic acid groups (broad SMARTS) is 1. The molecule has 4 aromatic rings. The van der Waals surface area contributed by atoms with Gasteiger partial charge in [-0.1, -0.05) is 24.3 Å². The Kier molecular flexibility index (Phi) is 6.83. The fourth-order valence-electron chi connectivity index (χ4n) is 3.95. The number of para-hydroxylation sites is 1. The zero-order valence-corrected chi connectivity index (χ0v) is 19.4. The molecule has 4 rings (SSSR count). The van der Waals surface area contributed by atoms with E-state index < -0.39 is 23.4 Å². The van der Waals surface area contributed by atoms with E-state index in [-0.39, 0.29) is 29.1 Å². The van der Waals surface area contributed by atoms with Gasteiger partial charge in [0.25, 0.3) is 0 Å². The van der Waals surface area contributed by atoms with Crippen molar-refractivity contribution in [2.24, 2.45) is 0 Å². The molecule has 9 nitrogen and oxygen atoms in total. The molecule has 1 unspecified atom stereocenters. The summed E-state index contributed by atoms with van der Waals surface area (Å²) in [6.07, 6.45) is 0.214. The second-order valence-electron chi connectivity index (χ2n) is 7.85. The van der Waals surface area contributed by atoms with E-state index in [4.69, 9.17) is 14.7 Å². The standard InChI is InChI=1S/C26H21FN4O5/c1-35-22-10-9-16(13-23(22)36-2)19(11-15-7-8-17(14-28)20(27)12-15)24-29-26(34)31(30-24)21-6-4-3-5-18(21)25(32)33/h3-10,12-13,19H,11H2,1-2H3,(H,32,33)(H,29,30,34). The number of carbonyl (C=O) groups is 1. The van der Waals surface area contributed by atoms with Gasteiger partial charge in [0, 0.05) is 5.92 Å². The maximum Gasteiger partial charge on any atom is 0.348 e. The normalized spacial score (nSPS) is 11.5. The van der Waals surface area contributed by atoms with Gasteiger partial charge in [0.05, 0.1) is 31.0 Å². The van der Waals surface area contributed by atoms with E-state index in [1.165, 1.54) is 38.5 Å². The molecule has 0 aliphatic carbocycles. The van der Waals surface area contributed by atoms with E-state index in [9.17, 15) is 19.1 Å². The monoisotopic (exact) mass is 488 g/mol. The molecular formula is C26H21FN4O5. The van der Waals surface area contributed by atoms with Crippen LogP contribution < -0.4 is 15.2 Å². The summed E-state index contributed by atoms with van der Waals surface area (Å²) < 4.78 is 26.1. The van der Waals surface area contributed by atoms with Crippen LogP contribution in [0.3, 0.4) is 0 Å². The number of benzene rings is 3. The molecule has 36 heavy (non-hydrogen) atoms. The van der Waals surface area contributed by atoms with Crippen molar-refractivity contribution in [1.82, 2.24) is 14.8 Å². The summed E-state index contributed by atoms with van der Waals surface area (Å²) in [6, 6.07) is 17.3. The van der Waals surface area contributed by atoms with Crippen LogP contribution >= 0.6 is 0 Å². The molecule has 0 bridgehead atoms. The van der Waals surface area contributed by atoms with Gasteiger partial charge >= 0.3 is 11.7 Å². The first-order chi connectivity index (χ1) is 17.4. The van der Waals surface area contributed by atoms with Gasteiger partial charge in [-0.15, -0.1) is 5.10 Å². The van der Waals surface area contributed by atoms with Crippen molar-refractivity contribution in [3.8, 4) is 23.3 Å². The molecular weight excluding hydrogens is 467 g/mol. The van der Waals surface area contributed by atoms with Gasteiger partial charge in [-0.3, -0.25) is 4.98 Å². The van der Waals surface area contributed by atoms with Crippen molar-refractivity contribution < 1.29 is 23.8 Å². The largest absolute Gasteiger partial charge is 0.493 e. The highest BCUT2D eigenvalue weighted by atomic mass is 19.1. The first-order valence-corrected chi connectivity index (χ1v) is 10.8. The van der Waals surface area contributed by atoms with Crippen LogP contribution in [0.15, 0.2) is 65.5 Å². The third-order valence-corrected chi connectivity index (χ3v) is 5.73. The summed E-state index contributed by atoms with van der Waals surface area (Å²) in [5.41, 5.74) is 0.555.